The fraction of sp³-hybridized carbons (Fsp3) is 0.417. The molecule has 1 N–H and O–H groups in total. The normalized spacial score (nSPS) is 21.6. The van der Waals surface area contributed by atoms with Crippen molar-refractivity contribution in [2.75, 3.05) is 11.4 Å². The summed E-state index contributed by atoms with van der Waals surface area (Å²) in [5.74, 6) is 0.444. The van der Waals surface area contributed by atoms with Crippen molar-refractivity contribution in [2.24, 2.45) is 11.8 Å². The zero-order valence-corrected chi connectivity index (χ0v) is 16.3. The van der Waals surface area contributed by atoms with Crippen molar-refractivity contribution in [1.29, 1.82) is 0 Å². The lowest BCUT2D eigenvalue weighted by Crippen LogP contribution is -2.42. The molecule has 4 rings (SSSR count). The first kappa shape index (κ1) is 18.7. The van der Waals surface area contributed by atoms with Crippen molar-refractivity contribution in [2.45, 2.75) is 45.1 Å². The molecule has 2 aromatic rings. The Hall–Kier alpha value is -2.62. The first-order valence-corrected chi connectivity index (χ1v) is 10.4. The van der Waals surface area contributed by atoms with Gasteiger partial charge in [0, 0.05) is 30.6 Å². The lowest BCUT2D eigenvalue weighted by molar-refractivity contribution is -0.129. The Morgan fingerprint density at radius 2 is 1.57 bits per heavy atom. The first-order valence-electron chi connectivity index (χ1n) is 10.4. The highest BCUT2D eigenvalue weighted by Crippen LogP contribution is 2.34. The number of aryl methyl sites for hydroxylation is 1. The number of amides is 2. The molecule has 1 aliphatic heterocycles. The number of carbonyl (C=O) groups is 2. The number of nitrogens with zero attached hydrogens (tertiary/aromatic N) is 1. The molecule has 2 aliphatic rings. The van der Waals surface area contributed by atoms with Crippen molar-refractivity contribution in [3.63, 3.8) is 0 Å². The Bertz CT molecular complexity index is 826. The summed E-state index contributed by atoms with van der Waals surface area (Å²) in [6.45, 7) is 1.39. The molecule has 0 unspecified atom stereocenters. The second-order valence-electron chi connectivity index (χ2n) is 7.97. The van der Waals surface area contributed by atoms with Crippen LogP contribution in [0.1, 0.15) is 43.2 Å². The van der Waals surface area contributed by atoms with Gasteiger partial charge in [0.25, 0.3) is 0 Å². The van der Waals surface area contributed by atoms with Crippen molar-refractivity contribution < 1.29 is 9.59 Å². The summed E-state index contributed by atoms with van der Waals surface area (Å²) in [5, 5.41) is 3.05. The van der Waals surface area contributed by atoms with E-state index in [2.05, 4.69) is 17.4 Å². The monoisotopic (exact) mass is 376 g/mol. The molecular formula is C24H28N2O2. The Kier molecular flexibility index (Phi) is 5.75. The highest BCUT2D eigenvalue weighted by molar-refractivity contribution is 5.96. The second-order valence-corrected chi connectivity index (χ2v) is 7.97. The van der Waals surface area contributed by atoms with Gasteiger partial charge < -0.3 is 10.2 Å². The molecular weight excluding hydrogens is 348 g/mol. The predicted octanol–water partition coefficient (Wildman–Crippen LogP) is 4.09. The summed E-state index contributed by atoms with van der Waals surface area (Å²) < 4.78 is 0. The highest BCUT2D eigenvalue weighted by atomic mass is 16.2. The van der Waals surface area contributed by atoms with E-state index < -0.39 is 0 Å². The first-order chi connectivity index (χ1) is 13.7. The summed E-state index contributed by atoms with van der Waals surface area (Å²) in [5.41, 5.74) is 3.47. The summed E-state index contributed by atoms with van der Waals surface area (Å²) >= 11 is 0. The lowest BCUT2D eigenvalue weighted by Gasteiger charge is -2.35. The molecule has 28 heavy (non-hydrogen) atoms. The van der Waals surface area contributed by atoms with Crippen molar-refractivity contribution in [3.8, 4) is 0 Å². The second kappa shape index (κ2) is 8.59. The van der Waals surface area contributed by atoms with Gasteiger partial charge in [-0.25, -0.2) is 0 Å². The third-order valence-electron chi connectivity index (χ3n) is 6.13. The fourth-order valence-electron chi connectivity index (χ4n) is 4.51. The summed E-state index contributed by atoms with van der Waals surface area (Å²) in [6, 6.07) is 18.2. The Morgan fingerprint density at radius 1 is 0.893 bits per heavy atom. The van der Waals surface area contributed by atoms with Crippen LogP contribution in [0.5, 0.6) is 0 Å². The van der Waals surface area contributed by atoms with Crippen LogP contribution in [0.4, 0.5) is 5.69 Å². The summed E-state index contributed by atoms with van der Waals surface area (Å²) in [4.78, 5) is 27.6. The Morgan fingerprint density at radius 3 is 2.36 bits per heavy atom. The molecule has 0 radical (unpaired) electrons. The molecule has 4 heteroatoms. The third-order valence-corrected chi connectivity index (χ3v) is 6.13. The molecule has 146 valence electrons. The molecule has 1 fully saturated rings. The maximum Gasteiger partial charge on any atom is 0.230 e. The third kappa shape index (κ3) is 4.11. The average Bonchev–Trinajstić information content (AvgIpc) is 2.77. The molecule has 1 saturated carbocycles. The van der Waals surface area contributed by atoms with Gasteiger partial charge in [-0.15, -0.1) is 0 Å². The number of hydrogen-bond acceptors (Lipinski definition) is 2. The number of nitrogens with one attached hydrogen (secondary N) is 1. The number of carbonyl (C=O) groups excluding carboxylic acids is 2. The highest BCUT2D eigenvalue weighted by Gasteiger charge is 2.33. The predicted molar refractivity (Wildman–Crippen MR) is 111 cm³/mol. The Labute approximate surface area is 166 Å². The van der Waals surface area contributed by atoms with Crippen LogP contribution in [0.2, 0.25) is 0 Å². The number of fused-ring (bicyclic) bond motifs is 1. The molecule has 4 nitrogen and oxygen atoms in total. The van der Waals surface area contributed by atoms with Gasteiger partial charge >= 0.3 is 0 Å². The van der Waals surface area contributed by atoms with Crippen LogP contribution in [-0.4, -0.2) is 18.4 Å². The van der Waals surface area contributed by atoms with E-state index in [0.717, 1.165) is 56.3 Å². The molecule has 1 heterocycles. The zero-order valence-electron chi connectivity index (χ0n) is 16.3. The van der Waals surface area contributed by atoms with E-state index in [-0.39, 0.29) is 23.7 Å². The van der Waals surface area contributed by atoms with Gasteiger partial charge in [-0.1, -0.05) is 48.5 Å². The van der Waals surface area contributed by atoms with Gasteiger partial charge in [0.2, 0.25) is 11.8 Å². The molecule has 1 aliphatic carbocycles. The maximum absolute atomic E-state index is 13.1. The van der Waals surface area contributed by atoms with Gasteiger partial charge in [0.05, 0.1) is 0 Å². The molecule has 0 saturated heterocycles. The van der Waals surface area contributed by atoms with E-state index in [1.807, 2.05) is 47.4 Å². The van der Waals surface area contributed by atoms with E-state index in [1.165, 1.54) is 5.56 Å². The number of anilines is 1. The minimum atomic E-state index is 0.0291. The summed E-state index contributed by atoms with van der Waals surface area (Å²) in [7, 11) is 0. The van der Waals surface area contributed by atoms with Crippen LogP contribution in [0.3, 0.4) is 0 Å². The van der Waals surface area contributed by atoms with Gasteiger partial charge in [-0.2, -0.15) is 0 Å². The van der Waals surface area contributed by atoms with Gasteiger partial charge in [-0.3, -0.25) is 9.59 Å². The zero-order chi connectivity index (χ0) is 19.3. The van der Waals surface area contributed by atoms with Crippen LogP contribution < -0.4 is 10.2 Å². The lowest BCUT2D eigenvalue weighted by atomic mass is 9.80. The van der Waals surface area contributed by atoms with E-state index >= 15 is 0 Å². The van der Waals surface area contributed by atoms with Gasteiger partial charge in [0.1, 0.15) is 0 Å². The molecule has 0 spiro atoms. The summed E-state index contributed by atoms with van der Waals surface area (Å²) in [6.07, 6.45) is 5.29. The van der Waals surface area contributed by atoms with Gasteiger partial charge in [-0.05, 0) is 55.7 Å². The molecule has 0 atom stereocenters. The van der Waals surface area contributed by atoms with E-state index in [4.69, 9.17) is 0 Å². The minimum absolute atomic E-state index is 0.0291. The number of para-hydroxylation sites is 1. The molecule has 0 aromatic heterocycles. The topological polar surface area (TPSA) is 49.4 Å². The van der Waals surface area contributed by atoms with Crippen LogP contribution >= 0.6 is 0 Å². The van der Waals surface area contributed by atoms with E-state index in [1.54, 1.807) is 0 Å². The van der Waals surface area contributed by atoms with Crippen LogP contribution in [0.15, 0.2) is 54.6 Å². The molecule has 0 bridgehead atoms. The fourth-order valence-corrected chi connectivity index (χ4v) is 4.51. The minimum Gasteiger partial charge on any atom is -0.352 e. The number of benzene rings is 2. The largest absolute Gasteiger partial charge is 0.352 e. The average molecular weight is 377 g/mol. The van der Waals surface area contributed by atoms with Crippen molar-refractivity contribution in [1.82, 2.24) is 5.32 Å². The van der Waals surface area contributed by atoms with Crippen molar-refractivity contribution in [3.05, 3.63) is 65.7 Å². The standard InChI is InChI=1S/C24H28N2O2/c27-23(25-17-18-7-2-1-3-8-18)20-12-14-21(15-13-20)24(28)26-16-6-10-19-9-4-5-11-22(19)26/h1-5,7-9,11,20-21H,6,10,12-17H2,(H,25,27). The van der Waals surface area contributed by atoms with Crippen molar-refractivity contribution >= 4 is 17.5 Å². The van der Waals surface area contributed by atoms with E-state index in [0.29, 0.717) is 6.54 Å². The van der Waals surface area contributed by atoms with Crippen LogP contribution in [-0.2, 0) is 22.6 Å². The van der Waals surface area contributed by atoms with Gasteiger partial charge in [0.15, 0.2) is 0 Å². The van der Waals surface area contributed by atoms with Crippen LogP contribution in [0, 0.1) is 11.8 Å². The quantitative estimate of drug-likeness (QED) is 0.874. The van der Waals surface area contributed by atoms with E-state index in [9.17, 15) is 9.59 Å². The number of rotatable bonds is 4. The number of hydrogen-bond donors (Lipinski definition) is 1. The Balaban J connectivity index is 1.30. The molecule has 2 amide bonds. The maximum atomic E-state index is 13.1. The smallest absolute Gasteiger partial charge is 0.230 e. The van der Waals surface area contributed by atoms with Crippen LogP contribution in [0.25, 0.3) is 0 Å². The molecule has 2 aromatic carbocycles. The SMILES string of the molecule is O=C(NCc1ccccc1)C1CCC(C(=O)N2CCCc3ccccc32)CC1.